The number of nitrogens with one attached hydrogen (secondary N) is 2. The fourth-order valence-corrected chi connectivity index (χ4v) is 4.75. The second-order valence-electron chi connectivity index (χ2n) is 9.68. The monoisotopic (exact) mass is 505 g/mol. The largest absolute Gasteiger partial charge is 0.486 e. The molecule has 2 aliphatic rings. The Morgan fingerprint density at radius 1 is 1.16 bits per heavy atom. The molecule has 2 aromatic carbocycles. The maximum atomic E-state index is 13.1. The van der Waals surface area contributed by atoms with Gasteiger partial charge in [0.15, 0.2) is 5.90 Å². The van der Waals surface area contributed by atoms with Gasteiger partial charge in [0.1, 0.15) is 18.0 Å². The number of amides is 2. The summed E-state index contributed by atoms with van der Waals surface area (Å²) in [6.45, 7) is 4.49. The Morgan fingerprint density at radius 3 is 2.57 bits per heavy atom. The van der Waals surface area contributed by atoms with Gasteiger partial charge in [0.05, 0.1) is 18.2 Å². The van der Waals surface area contributed by atoms with Gasteiger partial charge in [0, 0.05) is 12.1 Å². The molecule has 1 unspecified atom stereocenters. The number of carboxylic acid groups (broad SMARTS) is 1. The highest BCUT2D eigenvalue weighted by Crippen LogP contribution is 2.37. The number of carboxylic acids is 1. The van der Waals surface area contributed by atoms with Gasteiger partial charge in [0.2, 0.25) is 0 Å². The molecule has 1 aliphatic carbocycles. The Bertz CT molecular complexity index is 1160. The number of rotatable bonds is 7. The molecule has 4 rings (SSSR count). The summed E-state index contributed by atoms with van der Waals surface area (Å²) in [6, 6.07) is 15.0. The fourth-order valence-electron chi connectivity index (χ4n) is 4.75. The van der Waals surface area contributed by atoms with E-state index in [-0.39, 0.29) is 30.1 Å². The third-order valence-corrected chi connectivity index (χ3v) is 7.04. The topological polar surface area (TPSA) is 112 Å². The number of anilines is 2. The minimum absolute atomic E-state index is 0.0899. The summed E-state index contributed by atoms with van der Waals surface area (Å²) in [5.74, 6) is -0.198. The van der Waals surface area contributed by atoms with Gasteiger partial charge >= 0.3 is 12.0 Å². The SMILES string of the molecule is CCC1CN(C(=O)Nc2ccccc2)c2ccc(/C(C)=C/CC(=N)OC3CCC(C(=O)O)CC3)cc2O1. The molecule has 2 amide bonds. The van der Waals surface area contributed by atoms with Gasteiger partial charge < -0.3 is 19.9 Å². The fraction of sp³-hybridized carbons (Fsp3) is 0.414. The van der Waals surface area contributed by atoms with Crippen molar-refractivity contribution in [2.75, 3.05) is 16.8 Å². The molecule has 8 heteroatoms. The number of allylic oxidation sites excluding steroid dienone is 1. The molecule has 0 radical (unpaired) electrons. The highest BCUT2D eigenvalue weighted by Gasteiger charge is 2.30. The number of aliphatic carboxylic acids is 1. The van der Waals surface area contributed by atoms with Crippen LogP contribution in [0.25, 0.3) is 5.57 Å². The molecule has 1 fully saturated rings. The average Bonchev–Trinajstić information content (AvgIpc) is 2.91. The zero-order valence-corrected chi connectivity index (χ0v) is 21.4. The van der Waals surface area contributed by atoms with E-state index < -0.39 is 5.97 Å². The van der Waals surface area contributed by atoms with Gasteiger partial charge in [-0.15, -0.1) is 0 Å². The van der Waals surface area contributed by atoms with Crippen molar-refractivity contribution in [2.45, 2.75) is 64.6 Å². The van der Waals surface area contributed by atoms with Crippen LogP contribution < -0.4 is 15.0 Å². The van der Waals surface area contributed by atoms with Crippen LogP contribution in [0.3, 0.4) is 0 Å². The highest BCUT2D eigenvalue weighted by atomic mass is 16.5. The number of ether oxygens (including phenoxy) is 2. The lowest BCUT2D eigenvalue weighted by Crippen LogP contribution is -2.45. The number of fused-ring (bicyclic) bond motifs is 1. The van der Waals surface area contributed by atoms with Gasteiger partial charge in [-0.05, 0) is 74.4 Å². The lowest BCUT2D eigenvalue weighted by molar-refractivity contribution is -0.143. The summed E-state index contributed by atoms with van der Waals surface area (Å²) in [6.07, 6.45) is 5.40. The van der Waals surface area contributed by atoms with Crippen LogP contribution in [0, 0.1) is 11.3 Å². The van der Waals surface area contributed by atoms with Crippen LogP contribution in [0.1, 0.15) is 57.9 Å². The maximum Gasteiger partial charge on any atom is 0.326 e. The average molecular weight is 506 g/mol. The number of benzene rings is 2. The van der Waals surface area contributed by atoms with E-state index in [1.54, 1.807) is 4.90 Å². The molecule has 8 nitrogen and oxygen atoms in total. The van der Waals surface area contributed by atoms with E-state index in [0.29, 0.717) is 44.4 Å². The summed E-state index contributed by atoms with van der Waals surface area (Å²) in [5, 5.41) is 20.3. The highest BCUT2D eigenvalue weighted by molar-refractivity contribution is 6.03. The molecule has 1 aliphatic heterocycles. The first-order valence-electron chi connectivity index (χ1n) is 12.9. The Balaban J connectivity index is 1.40. The second kappa shape index (κ2) is 12.0. The van der Waals surface area contributed by atoms with Crippen LogP contribution in [-0.2, 0) is 9.53 Å². The number of carbonyl (C=O) groups is 2. The van der Waals surface area contributed by atoms with Gasteiger partial charge in [-0.2, -0.15) is 0 Å². The van der Waals surface area contributed by atoms with Gasteiger partial charge in [-0.1, -0.05) is 37.3 Å². The van der Waals surface area contributed by atoms with Crippen LogP contribution in [0.4, 0.5) is 16.2 Å². The molecule has 196 valence electrons. The molecule has 0 bridgehead atoms. The number of hydrogen-bond acceptors (Lipinski definition) is 5. The van der Waals surface area contributed by atoms with E-state index in [1.165, 1.54) is 0 Å². The summed E-state index contributed by atoms with van der Waals surface area (Å²) in [7, 11) is 0. The Kier molecular flexibility index (Phi) is 8.48. The lowest BCUT2D eigenvalue weighted by atomic mass is 9.87. The van der Waals surface area contributed by atoms with Crippen molar-refractivity contribution in [3.05, 3.63) is 60.2 Å². The Morgan fingerprint density at radius 2 is 1.89 bits per heavy atom. The van der Waals surface area contributed by atoms with Crippen LogP contribution in [-0.4, -0.2) is 41.8 Å². The first kappa shape index (κ1) is 26.3. The van der Waals surface area contributed by atoms with E-state index in [0.717, 1.165) is 28.9 Å². The molecule has 2 aromatic rings. The number of para-hydroxylation sites is 1. The van der Waals surface area contributed by atoms with Gasteiger partial charge in [0.25, 0.3) is 0 Å². The normalized spacial score (nSPS) is 21.4. The Labute approximate surface area is 217 Å². The number of nitrogens with zero attached hydrogens (tertiary/aromatic N) is 1. The standard InChI is InChI=1S/C29H35N3O5/c1-3-23-18-32(29(35)31-22-7-5-4-6-8-22)25-15-12-21(17-26(25)36-23)19(2)9-16-27(30)37-24-13-10-20(11-14-24)28(33)34/h4-9,12,15,17,20,23-24,30H,3,10-11,13-14,16,18H2,1-2H3,(H,31,35)(H,33,34)/b19-9+,30-27?. The van der Waals surface area contributed by atoms with Crippen molar-refractivity contribution < 1.29 is 24.2 Å². The molecular weight excluding hydrogens is 470 g/mol. The summed E-state index contributed by atoms with van der Waals surface area (Å²) in [4.78, 5) is 25.9. The predicted octanol–water partition coefficient (Wildman–Crippen LogP) is 6.33. The molecule has 0 saturated heterocycles. The third-order valence-electron chi connectivity index (χ3n) is 7.04. The van der Waals surface area contributed by atoms with Crippen molar-refractivity contribution in [1.29, 1.82) is 5.41 Å². The zero-order valence-electron chi connectivity index (χ0n) is 21.4. The quantitative estimate of drug-likeness (QED) is 0.301. The Hall–Kier alpha value is -3.81. The van der Waals surface area contributed by atoms with Crippen LogP contribution in [0.2, 0.25) is 0 Å². The van der Waals surface area contributed by atoms with Gasteiger partial charge in [-0.3, -0.25) is 15.1 Å². The van der Waals surface area contributed by atoms with E-state index in [9.17, 15) is 9.59 Å². The number of urea groups is 1. The van der Waals surface area contributed by atoms with E-state index in [2.05, 4.69) is 5.32 Å². The van der Waals surface area contributed by atoms with Crippen molar-refractivity contribution in [3.63, 3.8) is 0 Å². The van der Waals surface area contributed by atoms with E-state index in [1.807, 2.05) is 68.5 Å². The predicted molar refractivity (Wildman–Crippen MR) is 144 cm³/mol. The van der Waals surface area contributed by atoms with Gasteiger partial charge in [-0.25, -0.2) is 4.79 Å². The minimum Gasteiger partial charge on any atom is -0.486 e. The summed E-state index contributed by atoms with van der Waals surface area (Å²) in [5.41, 5.74) is 3.40. The molecule has 0 aromatic heterocycles. The molecule has 1 atom stereocenters. The first-order valence-corrected chi connectivity index (χ1v) is 12.9. The molecule has 37 heavy (non-hydrogen) atoms. The third kappa shape index (κ3) is 6.70. The molecule has 1 heterocycles. The first-order chi connectivity index (χ1) is 17.8. The molecule has 0 spiro atoms. The van der Waals surface area contributed by atoms with Crippen LogP contribution in [0.5, 0.6) is 5.75 Å². The number of hydrogen-bond donors (Lipinski definition) is 3. The number of carbonyl (C=O) groups excluding carboxylic acids is 1. The molecular formula is C29H35N3O5. The van der Waals surface area contributed by atoms with Crippen molar-refractivity contribution in [3.8, 4) is 5.75 Å². The maximum absolute atomic E-state index is 13.1. The molecule has 1 saturated carbocycles. The lowest BCUT2D eigenvalue weighted by Gasteiger charge is -2.35. The molecule has 3 N–H and O–H groups in total. The van der Waals surface area contributed by atoms with Crippen molar-refractivity contribution in [2.24, 2.45) is 5.92 Å². The van der Waals surface area contributed by atoms with E-state index in [4.69, 9.17) is 20.0 Å². The zero-order chi connectivity index (χ0) is 26.4. The smallest absolute Gasteiger partial charge is 0.326 e. The van der Waals surface area contributed by atoms with Crippen LogP contribution in [0.15, 0.2) is 54.6 Å². The summed E-state index contributed by atoms with van der Waals surface area (Å²) >= 11 is 0. The summed E-state index contributed by atoms with van der Waals surface area (Å²) < 4.78 is 12.0. The van der Waals surface area contributed by atoms with Crippen LogP contribution >= 0.6 is 0 Å². The minimum atomic E-state index is -0.744. The second-order valence-corrected chi connectivity index (χ2v) is 9.68. The van der Waals surface area contributed by atoms with Crippen molar-refractivity contribution >= 4 is 34.8 Å². The van der Waals surface area contributed by atoms with Crippen molar-refractivity contribution in [1.82, 2.24) is 0 Å². The van der Waals surface area contributed by atoms with E-state index >= 15 is 0 Å².